The summed E-state index contributed by atoms with van der Waals surface area (Å²) in [6, 6.07) is 7.54. The molecule has 1 aliphatic rings. The van der Waals surface area contributed by atoms with Crippen molar-refractivity contribution >= 4 is 35.3 Å². The van der Waals surface area contributed by atoms with E-state index in [1.54, 1.807) is 41.9 Å². The maximum Gasteiger partial charge on any atom is 0.246 e. The average molecular weight is 370 g/mol. The predicted molar refractivity (Wildman–Crippen MR) is 103 cm³/mol. The molecule has 0 bridgehead atoms. The third kappa shape index (κ3) is 5.46. The minimum Gasteiger partial charge on any atom is -0.465 e. The van der Waals surface area contributed by atoms with Crippen LogP contribution in [0.25, 0.3) is 12.2 Å². The first-order valence-corrected chi connectivity index (χ1v) is 9.58. The fraction of sp³-hybridized carbons (Fsp3) is 0.300. The fourth-order valence-corrected chi connectivity index (χ4v) is 3.47. The Kier molecular flexibility index (Phi) is 6.44. The van der Waals surface area contributed by atoms with Gasteiger partial charge in [0, 0.05) is 36.7 Å². The minimum atomic E-state index is -0.0710. The molecule has 2 aromatic rings. The quantitative estimate of drug-likeness (QED) is 0.793. The van der Waals surface area contributed by atoms with Crippen LogP contribution in [-0.2, 0) is 9.59 Å². The van der Waals surface area contributed by atoms with Crippen molar-refractivity contribution in [3.8, 4) is 0 Å². The zero-order chi connectivity index (χ0) is 18.2. The summed E-state index contributed by atoms with van der Waals surface area (Å²) in [5, 5.41) is 4.93. The highest BCUT2D eigenvalue weighted by molar-refractivity contribution is 7.10. The Morgan fingerprint density at radius 1 is 1.19 bits per heavy atom. The van der Waals surface area contributed by atoms with Crippen LogP contribution in [0.3, 0.4) is 0 Å². The number of carbonyl (C=O) groups is 2. The standard InChI is InChI=1S/C20H22N2O3S/c23-19(7-6-18-4-2-14-26-18)21-15-16-9-11-22(12-10-16)20(24)8-5-17-3-1-13-25-17/h1-8,13-14,16H,9-12,15H2,(H,21,23)/b7-6+,8-5+. The van der Waals surface area contributed by atoms with Crippen LogP contribution in [0.2, 0.25) is 0 Å². The second kappa shape index (κ2) is 9.20. The van der Waals surface area contributed by atoms with Gasteiger partial charge in [-0.3, -0.25) is 9.59 Å². The molecule has 3 heterocycles. The third-order valence-electron chi connectivity index (χ3n) is 4.37. The van der Waals surface area contributed by atoms with Crippen LogP contribution in [0.4, 0.5) is 0 Å². The van der Waals surface area contributed by atoms with Gasteiger partial charge in [-0.1, -0.05) is 6.07 Å². The van der Waals surface area contributed by atoms with E-state index in [1.165, 1.54) is 0 Å². The number of carbonyl (C=O) groups excluding carboxylic acids is 2. The number of thiophene rings is 1. The lowest BCUT2D eigenvalue weighted by molar-refractivity contribution is -0.127. The second-order valence-corrected chi connectivity index (χ2v) is 7.19. The van der Waals surface area contributed by atoms with Crippen molar-refractivity contribution in [1.82, 2.24) is 10.2 Å². The van der Waals surface area contributed by atoms with E-state index in [9.17, 15) is 9.59 Å². The first-order chi connectivity index (χ1) is 12.7. The monoisotopic (exact) mass is 370 g/mol. The number of hydrogen-bond donors (Lipinski definition) is 1. The SMILES string of the molecule is O=C(/C=C/c1cccs1)NCC1CCN(C(=O)/C=C/c2ccco2)CC1. The molecule has 0 radical (unpaired) electrons. The number of nitrogens with zero attached hydrogens (tertiary/aromatic N) is 1. The molecule has 0 aromatic carbocycles. The molecule has 0 aliphatic carbocycles. The molecule has 2 amide bonds. The molecule has 26 heavy (non-hydrogen) atoms. The van der Waals surface area contributed by atoms with Gasteiger partial charge in [-0.05, 0) is 54.5 Å². The molecule has 0 atom stereocenters. The summed E-state index contributed by atoms with van der Waals surface area (Å²) < 4.78 is 5.18. The number of piperidine rings is 1. The largest absolute Gasteiger partial charge is 0.465 e. The Bertz CT molecular complexity index is 755. The number of nitrogens with one attached hydrogen (secondary N) is 1. The van der Waals surface area contributed by atoms with E-state index >= 15 is 0 Å². The molecule has 5 nitrogen and oxygen atoms in total. The van der Waals surface area contributed by atoms with E-state index in [-0.39, 0.29) is 11.8 Å². The van der Waals surface area contributed by atoms with Gasteiger partial charge in [-0.25, -0.2) is 0 Å². The van der Waals surface area contributed by atoms with Gasteiger partial charge < -0.3 is 14.6 Å². The van der Waals surface area contributed by atoms with Crippen LogP contribution < -0.4 is 5.32 Å². The van der Waals surface area contributed by atoms with Crippen molar-refractivity contribution in [2.45, 2.75) is 12.8 Å². The van der Waals surface area contributed by atoms with Crippen molar-refractivity contribution in [2.24, 2.45) is 5.92 Å². The Morgan fingerprint density at radius 3 is 2.73 bits per heavy atom. The zero-order valence-corrected chi connectivity index (χ0v) is 15.3. The first-order valence-electron chi connectivity index (χ1n) is 8.70. The van der Waals surface area contributed by atoms with E-state index in [0.29, 0.717) is 31.3 Å². The van der Waals surface area contributed by atoms with Crippen LogP contribution >= 0.6 is 11.3 Å². The molecule has 1 N–H and O–H groups in total. The Morgan fingerprint density at radius 2 is 2.04 bits per heavy atom. The van der Waals surface area contributed by atoms with E-state index < -0.39 is 0 Å². The lowest BCUT2D eigenvalue weighted by Crippen LogP contribution is -2.40. The molecule has 3 rings (SSSR count). The first kappa shape index (κ1) is 18.2. The van der Waals surface area contributed by atoms with Gasteiger partial charge in [0.25, 0.3) is 0 Å². The van der Waals surface area contributed by atoms with Crippen molar-refractivity contribution in [2.75, 3.05) is 19.6 Å². The average Bonchev–Trinajstić information content (AvgIpc) is 3.37. The summed E-state index contributed by atoms with van der Waals surface area (Å²) in [5.41, 5.74) is 0. The molecular formula is C20H22N2O3S. The van der Waals surface area contributed by atoms with Gasteiger partial charge >= 0.3 is 0 Å². The van der Waals surface area contributed by atoms with Crippen LogP contribution in [0, 0.1) is 5.92 Å². The Balaban J connectivity index is 1.37. The molecular weight excluding hydrogens is 348 g/mol. The molecule has 1 fully saturated rings. The number of furan rings is 1. The second-order valence-electron chi connectivity index (χ2n) is 6.21. The molecule has 0 saturated carbocycles. The lowest BCUT2D eigenvalue weighted by Gasteiger charge is -2.31. The van der Waals surface area contributed by atoms with Crippen molar-refractivity contribution < 1.29 is 14.0 Å². The lowest BCUT2D eigenvalue weighted by atomic mass is 9.96. The topological polar surface area (TPSA) is 62.6 Å². The molecule has 2 aromatic heterocycles. The van der Waals surface area contributed by atoms with Crippen LogP contribution in [-0.4, -0.2) is 36.3 Å². The van der Waals surface area contributed by atoms with E-state index in [2.05, 4.69) is 5.32 Å². The van der Waals surface area contributed by atoms with E-state index in [4.69, 9.17) is 4.42 Å². The van der Waals surface area contributed by atoms with Gasteiger partial charge in [0.05, 0.1) is 6.26 Å². The van der Waals surface area contributed by atoms with Gasteiger partial charge in [0.15, 0.2) is 0 Å². The normalized spacial score (nSPS) is 15.8. The predicted octanol–water partition coefficient (Wildman–Crippen LogP) is 3.42. The number of amides is 2. The number of likely N-dealkylation sites (tertiary alicyclic amines) is 1. The molecule has 6 heteroatoms. The zero-order valence-electron chi connectivity index (χ0n) is 14.5. The fourth-order valence-electron chi connectivity index (χ4n) is 2.85. The van der Waals surface area contributed by atoms with Crippen molar-refractivity contribution in [3.05, 3.63) is 58.7 Å². The molecule has 1 saturated heterocycles. The van der Waals surface area contributed by atoms with Gasteiger partial charge in [-0.2, -0.15) is 0 Å². The Hall–Kier alpha value is -2.60. The van der Waals surface area contributed by atoms with Gasteiger partial charge in [-0.15, -0.1) is 11.3 Å². The Labute approximate surface area is 157 Å². The summed E-state index contributed by atoms with van der Waals surface area (Å²) in [5.74, 6) is 1.01. The van der Waals surface area contributed by atoms with Crippen LogP contribution in [0.15, 0.2) is 52.5 Å². The highest BCUT2D eigenvalue weighted by Crippen LogP contribution is 2.17. The molecule has 1 aliphatic heterocycles. The summed E-state index contributed by atoms with van der Waals surface area (Å²) in [7, 11) is 0. The number of hydrogen-bond acceptors (Lipinski definition) is 4. The van der Waals surface area contributed by atoms with E-state index in [0.717, 1.165) is 17.7 Å². The van der Waals surface area contributed by atoms with Crippen LogP contribution in [0.1, 0.15) is 23.5 Å². The highest BCUT2D eigenvalue weighted by Gasteiger charge is 2.21. The third-order valence-corrected chi connectivity index (χ3v) is 5.20. The van der Waals surface area contributed by atoms with Gasteiger partial charge in [0.2, 0.25) is 11.8 Å². The summed E-state index contributed by atoms with van der Waals surface area (Å²) in [4.78, 5) is 27.0. The maximum atomic E-state index is 12.2. The highest BCUT2D eigenvalue weighted by atomic mass is 32.1. The molecule has 136 valence electrons. The maximum absolute atomic E-state index is 12.2. The summed E-state index contributed by atoms with van der Waals surface area (Å²) >= 11 is 1.60. The molecule has 0 spiro atoms. The summed E-state index contributed by atoms with van der Waals surface area (Å²) in [6.45, 7) is 2.08. The number of rotatable bonds is 6. The van der Waals surface area contributed by atoms with Gasteiger partial charge in [0.1, 0.15) is 5.76 Å². The summed E-state index contributed by atoms with van der Waals surface area (Å²) in [6.07, 6.45) is 10.0. The smallest absolute Gasteiger partial charge is 0.246 e. The minimum absolute atomic E-state index is 0.00256. The van der Waals surface area contributed by atoms with Crippen molar-refractivity contribution in [3.63, 3.8) is 0 Å². The van der Waals surface area contributed by atoms with Crippen molar-refractivity contribution in [1.29, 1.82) is 0 Å². The molecule has 0 unspecified atom stereocenters. The van der Waals surface area contributed by atoms with E-state index in [1.807, 2.05) is 34.6 Å². The van der Waals surface area contributed by atoms with Crippen LogP contribution in [0.5, 0.6) is 0 Å².